The molecule has 2 heteroatoms. The lowest BCUT2D eigenvalue weighted by Gasteiger charge is -2.11. The van der Waals surface area contributed by atoms with Crippen LogP contribution in [0, 0.1) is 5.92 Å². The van der Waals surface area contributed by atoms with Gasteiger partial charge >= 0.3 is 0 Å². The number of carbonyl (C=O) groups excluding carboxylic acids is 1. The summed E-state index contributed by atoms with van der Waals surface area (Å²) in [5.74, 6) is 1.31. The maximum absolute atomic E-state index is 11.6. The Kier molecular flexibility index (Phi) is 4.35. The van der Waals surface area contributed by atoms with Crippen LogP contribution in [0.2, 0.25) is 0 Å². The number of ketones is 1. The summed E-state index contributed by atoms with van der Waals surface area (Å²) in [7, 11) is 0. The van der Waals surface area contributed by atoms with Gasteiger partial charge in [0.15, 0.2) is 5.78 Å². The molecular weight excluding hydrogens is 188 g/mol. The van der Waals surface area contributed by atoms with E-state index >= 15 is 0 Å². The standard InChI is InChI=1S/C13H18O2/c1-4-12(14)11-7-5-6-8-13(11)15-9-10(2)3/h5-8,10H,4,9H2,1-3H3. The fourth-order valence-corrected chi connectivity index (χ4v) is 1.27. The molecule has 0 aliphatic heterocycles. The molecule has 0 unspecified atom stereocenters. The predicted octanol–water partition coefficient (Wildman–Crippen LogP) is 3.31. The van der Waals surface area contributed by atoms with E-state index in [4.69, 9.17) is 4.74 Å². The Bertz CT molecular complexity index is 329. The SMILES string of the molecule is CCC(=O)c1ccccc1OCC(C)C. The van der Waals surface area contributed by atoms with Crippen LogP contribution in [0.1, 0.15) is 37.6 Å². The molecule has 2 nitrogen and oxygen atoms in total. The summed E-state index contributed by atoms with van der Waals surface area (Å²) in [6, 6.07) is 7.43. The zero-order valence-corrected chi connectivity index (χ0v) is 9.62. The summed E-state index contributed by atoms with van der Waals surface area (Å²) in [5.41, 5.74) is 0.695. The molecule has 0 aliphatic carbocycles. The van der Waals surface area contributed by atoms with Gasteiger partial charge in [-0.05, 0) is 18.1 Å². The molecule has 15 heavy (non-hydrogen) atoms. The summed E-state index contributed by atoms with van der Waals surface area (Å²) in [5, 5.41) is 0. The molecule has 0 saturated carbocycles. The Balaban J connectivity index is 2.81. The molecule has 1 aromatic carbocycles. The van der Waals surface area contributed by atoms with Crippen LogP contribution in [0.5, 0.6) is 5.75 Å². The van der Waals surface area contributed by atoms with Crippen LogP contribution in [-0.2, 0) is 0 Å². The molecule has 0 fully saturated rings. The van der Waals surface area contributed by atoms with Crippen LogP contribution >= 0.6 is 0 Å². The average Bonchev–Trinajstić information content (AvgIpc) is 2.25. The van der Waals surface area contributed by atoms with Gasteiger partial charge in [0.25, 0.3) is 0 Å². The summed E-state index contributed by atoms with van der Waals surface area (Å²) < 4.78 is 5.60. The second-order valence-corrected chi connectivity index (χ2v) is 3.98. The van der Waals surface area contributed by atoms with Crippen molar-refractivity contribution in [2.45, 2.75) is 27.2 Å². The molecule has 0 heterocycles. The number of hydrogen-bond donors (Lipinski definition) is 0. The van der Waals surface area contributed by atoms with Crippen molar-refractivity contribution in [2.75, 3.05) is 6.61 Å². The molecule has 0 bridgehead atoms. The third-order valence-electron chi connectivity index (χ3n) is 2.08. The van der Waals surface area contributed by atoms with E-state index in [1.165, 1.54) is 0 Å². The van der Waals surface area contributed by atoms with E-state index in [2.05, 4.69) is 13.8 Å². The van der Waals surface area contributed by atoms with Crippen LogP contribution < -0.4 is 4.74 Å². The molecule has 1 aromatic rings. The van der Waals surface area contributed by atoms with E-state index in [9.17, 15) is 4.79 Å². The molecule has 0 N–H and O–H groups in total. The Hall–Kier alpha value is -1.31. The van der Waals surface area contributed by atoms with Gasteiger partial charge in [-0.15, -0.1) is 0 Å². The minimum atomic E-state index is 0.134. The van der Waals surface area contributed by atoms with E-state index in [0.29, 0.717) is 30.3 Å². The van der Waals surface area contributed by atoms with Gasteiger partial charge in [0.1, 0.15) is 5.75 Å². The first-order valence-electron chi connectivity index (χ1n) is 5.40. The normalized spacial score (nSPS) is 10.4. The van der Waals surface area contributed by atoms with Gasteiger partial charge in [-0.3, -0.25) is 4.79 Å². The molecule has 82 valence electrons. The first kappa shape index (κ1) is 11.8. The van der Waals surface area contributed by atoms with Gasteiger partial charge in [0, 0.05) is 6.42 Å². The van der Waals surface area contributed by atoms with Crippen LogP contribution in [-0.4, -0.2) is 12.4 Å². The average molecular weight is 206 g/mol. The maximum Gasteiger partial charge on any atom is 0.166 e. The zero-order valence-electron chi connectivity index (χ0n) is 9.62. The zero-order chi connectivity index (χ0) is 11.3. The number of ether oxygens (including phenoxy) is 1. The summed E-state index contributed by atoms with van der Waals surface area (Å²) in [4.78, 5) is 11.6. The first-order chi connectivity index (χ1) is 7.15. The Morgan fingerprint density at radius 3 is 2.60 bits per heavy atom. The minimum absolute atomic E-state index is 0.134. The highest BCUT2D eigenvalue weighted by atomic mass is 16.5. The first-order valence-corrected chi connectivity index (χ1v) is 5.40. The van der Waals surface area contributed by atoms with Crippen LogP contribution in [0.15, 0.2) is 24.3 Å². The molecule has 0 aromatic heterocycles. The van der Waals surface area contributed by atoms with Gasteiger partial charge in [0.05, 0.1) is 12.2 Å². The van der Waals surface area contributed by atoms with Crippen LogP contribution in [0.3, 0.4) is 0 Å². The van der Waals surface area contributed by atoms with Crippen LogP contribution in [0.25, 0.3) is 0 Å². The van der Waals surface area contributed by atoms with Crippen molar-refractivity contribution in [2.24, 2.45) is 5.92 Å². The fraction of sp³-hybridized carbons (Fsp3) is 0.462. The highest BCUT2D eigenvalue weighted by Crippen LogP contribution is 2.20. The lowest BCUT2D eigenvalue weighted by atomic mass is 10.1. The Morgan fingerprint density at radius 1 is 1.33 bits per heavy atom. The number of rotatable bonds is 5. The molecule has 1 rings (SSSR count). The van der Waals surface area contributed by atoms with Crippen molar-refractivity contribution < 1.29 is 9.53 Å². The smallest absolute Gasteiger partial charge is 0.166 e. The van der Waals surface area contributed by atoms with Gasteiger partial charge in [-0.25, -0.2) is 0 Å². The summed E-state index contributed by atoms with van der Waals surface area (Å²) >= 11 is 0. The van der Waals surface area contributed by atoms with Gasteiger partial charge in [0.2, 0.25) is 0 Å². The molecule has 0 aliphatic rings. The lowest BCUT2D eigenvalue weighted by Crippen LogP contribution is -2.08. The molecule has 0 radical (unpaired) electrons. The molecular formula is C13H18O2. The van der Waals surface area contributed by atoms with E-state index in [-0.39, 0.29) is 5.78 Å². The van der Waals surface area contributed by atoms with Gasteiger partial charge in [-0.1, -0.05) is 32.9 Å². The minimum Gasteiger partial charge on any atom is -0.493 e. The molecule has 0 atom stereocenters. The monoisotopic (exact) mass is 206 g/mol. The molecule has 0 saturated heterocycles. The molecule has 0 amide bonds. The van der Waals surface area contributed by atoms with Gasteiger partial charge < -0.3 is 4.74 Å². The van der Waals surface area contributed by atoms with Gasteiger partial charge in [-0.2, -0.15) is 0 Å². The van der Waals surface area contributed by atoms with Crippen LogP contribution in [0.4, 0.5) is 0 Å². The predicted molar refractivity (Wildman–Crippen MR) is 61.4 cm³/mol. The third-order valence-corrected chi connectivity index (χ3v) is 2.08. The van der Waals surface area contributed by atoms with Crippen molar-refractivity contribution in [1.82, 2.24) is 0 Å². The maximum atomic E-state index is 11.6. The largest absolute Gasteiger partial charge is 0.493 e. The topological polar surface area (TPSA) is 26.3 Å². The fourth-order valence-electron chi connectivity index (χ4n) is 1.27. The van der Waals surface area contributed by atoms with Crippen molar-refractivity contribution in [3.63, 3.8) is 0 Å². The Labute approximate surface area is 91.3 Å². The Morgan fingerprint density at radius 2 is 2.00 bits per heavy atom. The highest BCUT2D eigenvalue weighted by Gasteiger charge is 2.09. The van der Waals surface area contributed by atoms with Crippen molar-refractivity contribution >= 4 is 5.78 Å². The summed E-state index contributed by atoms with van der Waals surface area (Å²) in [6.07, 6.45) is 0.516. The second kappa shape index (κ2) is 5.54. The van der Waals surface area contributed by atoms with Crippen molar-refractivity contribution in [3.8, 4) is 5.75 Å². The van der Waals surface area contributed by atoms with Crippen molar-refractivity contribution in [3.05, 3.63) is 29.8 Å². The number of hydrogen-bond acceptors (Lipinski definition) is 2. The van der Waals surface area contributed by atoms with E-state index in [1.807, 2.05) is 31.2 Å². The quantitative estimate of drug-likeness (QED) is 0.691. The highest BCUT2D eigenvalue weighted by molar-refractivity contribution is 5.98. The van der Waals surface area contributed by atoms with E-state index < -0.39 is 0 Å². The number of para-hydroxylation sites is 1. The van der Waals surface area contributed by atoms with Crippen molar-refractivity contribution in [1.29, 1.82) is 0 Å². The number of benzene rings is 1. The van der Waals surface area contributed by atoms with E-state index in [1.54, 1.807) is 0 Å². The second-order valence-electron chi connectivity index (χ2n) is 3.98. The third kappa shape index (κ3) is 3.39. The lowest BCUT2D eigenvalue weighted by molar-refractivity contribution is 0.0983. The molecule has 0 spiro atoms. The summed E-state index contributed by atoms with van der Waals surface area (Å²) in [6.45, 7) is 6.68. The van der Waals surface area contributed by atoms with E-state index in [0.717, 1.165) is 0 Å². The number of carbonyl (C=O) groups is 1. The number of Topliss-reactive ketones (excluding diaryl/α,β-unsaturated/α-hetero) is 1.